The number of anilines is 1. The number of nitrogens with zero attached hydrogens (tertiary/aromatic N) is 1. The van der Waals surface area contributed by atoms with Crippen LogP contribution in [-0.2, 0) is 4.74 Å². The summed E-state index contributed by atoms with van der Waals surface area (Å²) in [6.07, 6.45) is 3.56. The summed E-state index contributed by atoms with van der Waals surface area (Å²) in [5, 5.41) is 13.6. The molecule has 110 valence electrons. The Balaban J connectivity index is 2.23. The highest BCUT2D eigenvalue weighted by molar-refractivity contribution is 5.53. The molecule has 0 aromatic heterocycles. The first-order valence-corrected chi connectivity index (χ1v) is 6.45. The van der Waals surface area contributed by atoms with Gasteiger partial charge in [-0.25, -0.2) is 4.39 Å². The van der Waals surface area contributed by atoms with Crippen LogP contribution in [0.25, 0.3) is 0 Å². The third kappa shape index (κ3) is 3.04. The normalized spacial score (nSPS) is 22.6. The van der Waals surface area contributed by atoms with E-state index < -0.39 is 22.2 Å². The van der Waals surface area contributed by atoms with Gasteiger partial charge in [0.1, 0.15) is 5.82 Å². The summed E-state index contributed by atoms with van der Waals surface area (Å²) in [5.41, 5.74) is -0.800. The molecule has 0 spiro atoms. The largest absolute Gasteiger partial charge is 0.379 e. The first-order valence-electron chi connectivity index (χ1n) is 6.45. The number of benzene rings is 1. The van der Waals surface area contributed by atoms with E-state index in [9.17, 15) is 18.9 Å². The first-order chi connectivity index (χ1) is 9.52. The van der Waals surface area contributed by atoms with Crippen molar-refractivity contribution in [3.63, 3.8) is 0 Å². The van der Waals surface area contributed by atoms with E-state index in [1.54, 1.807) is 7.11 Å². The monoisotopic (exact) mass is 286 g/mol. The molecule has 20 heavy (non-hydrogen) atoms. The average molecular weight is 286 g/mol. The fourth-order valence-corrected chi connectivity index (χ4v) is 2.53. The number of ether oxygens (including phenoxy) is 1. The predicted octanol–water partition coefficient (Wildman–Crippen LogP) is 3.24. The highest BCUT2D eigenvalue weighted by Gasteiger charge is 2.27. The average Bonchev–Trinajstić information content (AvgIpc) is 2.42. The molecule has 2 unspecified atom stereocenters. The topological polar surface area (TPSA) is 64.4 Å². The number of hydrogen-bond donors (Lipinski definition) is 1. The van der Waals surface area contributed by atoms with Gasteiger partial charge in [-0.05, 0) is 12.8 Å². The van der Waals surface area contributed by atoms with E-state index in [1.165, 1.54) is 0 Å². The second-order valence-electron chi connectivity index (χ2n) is 4.85. The molecule has 0 heterocycles. The highest BCUT2D eigenvalue weighted by Crippen LogP contribution is 2.29. The Kier molecular flexibility index (Phi) is 4.49. The molecule has 1 saturated carbocycles. The minimum Gasteiger partial charge on any atom is -0.379 e. The zero-order valence-corrected chi connectivity index (χ0v) is 11.1. The molecule has 1 N–H and O–H groups in total. The van der Waals surface area contributed by atoms with Crippen LogP contribution in [0.5, 0.6) is 0 Å². The van der Waals surface area contributed by atoms with E-state index in [0.29, 0.717) is 6.07 Å². The van der Waals surface area contributed by atoms with E-state index >= 15 is 0 Å². The Morgan fingerprint density at radius 3 is 2.65 bits per heavy atom. The van der Waals surface area contributed by atoms with Crippen LogP contribution in [0, 0.1) is 21.7 Å². The maximum absolute atomic E-state index is 13.7. The second kappa shape index (κ2) is 6.13. The van der Waals surface area contributed by atoms with Crippen molar-refractivity contribution in [2.24, 2.45) is 0 Å². The Bertz CT molecular complexity index is 511. The predicted molar refractivity (Wildman–Crippen MR) is 69.7 cm³/mol. The van der Waals surface area contributed by atoms with Crippen molar-refractivity contribution >= 4 is 11.4 Å². The summed E-state index contributed by atoms with van der Waals surface area (Å²) in [6, 6.07) is 1.30. The van der Waals surface area contributed by atoms with E-state index in [-0.39, 0.29) is 17.8 Å². The number of hydrogen-bond acceptors (Lipinski definition) is 4. The summed E-state index contributed by atoms with van der Waals surface area (Å²) >= 11 is 0. The van der Waals surface area contributed by atoms with Crippen molar-refractivity contribution in [3.05, 3.63) is 33.9 Å². The maximum Gasteiger partial charge on any atom is 0.307 e. The molecule has 7 heteroatoms. The number of methoxy groups -OCH3 is 1. The minimum atomic E-state index is -1.18. The molecule has 0 aliphatic heterocycles. The van der Waals surface area contributed by atoms with Crippen LogP contribution in [0.2, 0.25) is 0 Å². The van der Waals surface area contributed by atoms with Gasteiger partial charge >= 0.3 is 5.69 Å². The van der Waals surface area contributed by atoms with Gasteiger partial charge in [-0.2, -0.15) is 4.39 Å². The Labute approximate surface area is 115 Å². The fraction of sp³-hybridized carbons (Fsp3) is 0.538. The van der Waals surface area contributed by atoms with Crippen molar-refractivity contribution < 1.29 is 18.4 Å². The molecule has 0 saturated heterocycles. The molecule has 5 nitrogen and oxygen atoms in total. The number of nitro benzene ring substituents is 1. The highest BCUT2D eigenvalue weighted by atomic mass is 19.1. The number of rotatable bonds is 4. The van der Waals surface area contributed by atoms with E-state index in [2.05, 4.69) is 5.32 Å². The lowest BCUT2D eigenvalue weighted by molar-refractivity contribution is -0.387. The molecule has 2 atom stereocenters. The smallest absolute Gasteiger partial charge is 0.307 e. The van der Waals surface area contributed by atoms with Crippen molar-refractivity contribution in [2.75, 3.05) is 12.4 Å². The second-order valence-corrected chi connectivity index (χ2v) is 4.85. The van der Waals surface area contributed by atoms with Crippen LogP contribution in [0.1, 0.15) is 25.7 Å². The quantitative estimate of drug-likeness (QED) is 0.681. The SMILES string of the molecule is COC1CCCCC1Nc1cc([N+](=O)[O-])c(F)cc1F. The molecule has 1 fully saturated rings. The van der Waals surface area contributed by atoms with Gasteiger partial charge in [0.15, 0.2) is 0 Å². The zero-order chi connectivity index (χ0) is 14.7. The molecule has 1 aromatic carbocycles. The lowest BCUT2D eigenvalue weighted by Gasteiger charge is -2.31. The summed E-state index contributed by atoms with van der Waals surface area (Å²) in [7, 11) is 1.58. The molecule has 1 aliphatic carbocycles. The third-order valence-electron chi connectivity index (χ3n) is 3.58. The van der Waals surface area contributed by atoms with Crippen LogP contribution in [0.15, 0.2) is 12.1 Å². The summed E-state index contributed by atoms with van der Waals surface area (Å²) in [5.74, 6) is -2.02. The Hall–Kier alpha value is -1.76. The van der Waals surface area contributed by atoms with E-state index in [1.807, 2.05) is 0 Å². The van der Waals surface area contributed by atoms with Crippen molar-refractivity contribution in [1.29, 1.82) is 0 Å². The van der Waals surface area contributed by atoms with Crippen molar-refractivity contribution in [3.8, 4) is 0 Å². The van der Waals surface area contributed by atoms with E-state index in [0.717, 1.165) is 31.7 Å². The summed E-state index contributed by atoms with van der Waals surface area (Å²) < 4.78 is 32.3. The van der Waals surface area contributed by atoms with Gasteiger partial charge < -0.3 is 10.1 Å². The van der Waals surface area contributed by atoms with Gasteiger partial charge in [0.25, 0.3) is 0 Å². The zero-order valence-electron chi connectivity index (χ0n) is 11.1. The lowest BCUT2D eigenvalue weighted by Crippen LogP contribution is -2.38. The molecule has 0 radical (unpaired) electrons. The molecular weight excluding hydrogens is 270 g/mol. The van der Waals surface area contributed by atoms with Gasteiger partial charge in [0.05, 0.1) is 22.8 Å². The standard InChI is InChI=1S/C13H16F2N2O3/c1-20-13-5-3-2-4-10(13)16-11-7-12(17(18)19)9(15)6-8(11)14/h6-7,10,13,16H,2-5H2,1H3. The number of halogens is 2. The van der Waals surface area contributed by atoms with Crippen molar-refractivity contribution in [2.45, 2.75) is 37.8 Å². The Morgan fingerprint density at radius 2 is 2.00 bits per heavy atom. The molecule has 0 amide bonds. The van der Waals surface area contributed by atoms with Gasteiger partial charge in [-0.3, -0.25) is 10.1 Å². The first kappa shape index (κ1) is 14.6. The Morgan fingerprint density at radius 1 is 1.30 bits per heavy atom. The molecule has 1 aromatic rings. The molecule has 2 rings (SSSR count). The fourth-order valence-electron chi connectivity index (χ4n) is 2.53. The van der Waals surface area contributed by atoms with Gasteiger partial charge in [-0.15, -0.1) is 0 Å². The minimum absolute atomic E-state index is 0.0629. The number of nitro groups is 1. The molecular formula is C13H16F2N2O3. The molecule has 0 bridgehead atoms. The van der Waals surface area contributed by atoms with Crippen molar-refractivity contribution in [1.82, 2.24) is 0 Å². The van der Waals surface area contributed by atoms with Gasteiger partial charge in [0, 0.05) is 19.2 Å². The van der Waals surface area contributed by atoms with Crippen LogP contribution >= 0.6 is 0 Å². The summed E-state index contributed by atoms with van der Waals surface area (Å²) in [4.78, 5) is 9.82. The maximum atomic E-state index is 13.7. The third-order valence-corrected chi connectivity index (χ3v) is 3.58. The molecule has 1 aliphatic rings. The van der Waals surface area contributed by atoms with Crippen LogP contribution < -0.4 is 5.32 Å². The van der Waals surface area contributed by atoms with Gasteiger partial charge in [0.2, 0.25) is 5.82 Å². The van der Waals surface area contributed by atoms with Gasteiger partial charge in [-0.1, -0.05) is 12.8 Å². The van der Waals surface area contributed by atoms with Crippen LogP contribution in [0.4, 0.5) is 20.2 Å². The lowest BCUT2D eigenvalue weighted by atomic mass is 9.92. The summed E-state index contributed by atoms with van der Waals surface area (Å²) in [6.45, 7) is 0. The van der Waals surface area contributed by atoms with Crippen LogP contribution in [0.3, 0.4) is 0 Å². The number of nitrogens with one attached hydrogen (secondary N) is 1. The van der Waals surface area contributed by atoms with Crippen LogP contribution in [-0.4, -0.2) is 24.2 Å². The van der Waals surface area contributed by atoms with E-state index in [4.69, 9.17) is 4.74 Å².